The normalized spacial score (nSPS) is 28.6. The highest BCUT2D eigenvalue weighted by Gasteiger charge is 2.47. The summed E-state index contributed by atoms with van der Waals surface area (Å²) in [4.78, 5) is 30.3. The van der Waals surface area contributed by atoms with Crippen LogP contribution in [0.4, 0.5) is 5.82 Å². The molecule has 9 unspecified atom stereocenters. The third kappa shape index (κ3) is 9.80. The minimum atomic E-state index is -1.15. The zero-order valence-corrected chi connectivity index (χ0v) is 33.2. The van der Waals surface area contributed by atoms with E-state index < -0.39 is 17.6 Å². The summed E-state index contributed by atoms with van der Waals surface area (Å²) in [7, 11) is 1.51. The average molecular weight is 774 g/mol. The van der Waals surface area contributed by atoms with Gasteiger partial charge >= 0.3 is 0 Å². The first-order chi connectivity index (χ1) is 27.6. The van der Waals surface area contributed by atoms with Crippen molar-refractivity contribution in [2.75, 3.05) is 19.4 Å². The van der Waals surface area contributed by atoms with Gasteiger partial charge in [-0.3, -0.25) is 9.59 Å². The van der Waals surface area contributed by atoms with E-state index in [1.165, 1.54) is 7.11 Å². The fraction of sp³-hybridized carbons (Fsp3) is 0.521. The number of benzene rings is 2. The number of nitrogens with two attached hydrogens (primary N) is 1. The number of hydrogen-bond acceptors (Lipinski definition) is 9. The molecule has 2 saturated carbocycles. The Morgan fingerprint density at radius 2 is 1.86 bits per heavy atom. The zero-order valence-electron chi connectivity index (χ0n) is 33.2. The first-order valence-corrected chi connectivity index (χ1v) is 21.1. The van der Waals surface area contributed by atoms with Crippen LogP contribution in [-0.2, 0) is 16.0 Å². The van der Waals surface area contributed by atoms with E-state index in [0.29, 0.717) is 92.5 Å². The van der Waals surface area contributed by atoms with E-state index in [2.05, 4.69) is 34.3 Å². The van der Waals surface area contributed by atoms with Crippen LogP contribution in [0.5, 0.6) is 11.5 Å². The van der Waals surface area contributed by atoms with Crippen molar-refractivity contribution in [3.05, 3.63) is 89.1 Å². The predicted octanol–water partition coefficient (Wildman–Crippen LogP) is 7.28. The van der Waals surface area contributed by atoms with Crippen LogP contribution in [0.2, 0.25) is 0 Å². The van der Waals surface area contributed by atoms with Crippen LogP contribution >= 0.6 is 0 Å². The number of aromatic nitrogens is 1. The van der Waals surface area contributed by atoms with E-state index in [9.17, 15) is 24.9 Å². The number of nitrogen functional groups attached to an aromatic ring is 1. The number of aromatic hydroxyl groups is 1. The molecular formula is C48H59N3O6. The van der Waals surface area contributed by atoms with Gasteiger partial charge in [0.25, 0.3) is 0 Å². The van der Waals surface area contributed by atoms with E-state index in [0.717, 1.165) is 60.9 Å². The SMILES string of the molecule is COc1cc2c(cc1O)C(CCC(O)CC(C=Cc1ccccc1)c1ccnc(N)c1)C#CC1(CCC(CCC3CNC4CC(=O)CCC4C3)CC1O)C(=O)CC2. The number of pyridine rings is 1. The van der Waals surface area contributed by atoms with E-state index in [4.69, 9.17) is 10.5 Å². The second kappa shape index (κ2) is 18.4. The number of phenols is 1. The standard InChI is InChI=1S/C48H59N3O6/c1-57-44-26-37-13-16-45(55)48(20-17-32(24-46(48)56)7-8-33-23-38-12-15-40(53)28-42(38)51-30-33)21-18-34(41(37)29-43(44)54)11-14-39(52)25-35(36-19-22-50-47(49)27-36)10-9-31-5-3-2-4-6-31/h2-6,9-10,19,22,26-27,29,32-35,38-39,42,46,51-52,54,56H,7-8,11-17,20,23-25,28,30H2,1H3,(H2,49,50). The zero-order chi connectivity index (χ0) is 39.9. The number of allylic oxidation sites excluding steroid dienone is 1. The van der Waals surface area contributed by atoms with Crippen LogP contribution in [0.1, 0.15) is 118 Å². The van der Waals surface area contributed by atoms with Gasteiger partial charge < -0.3 is 31.1 Å². The number of aryl methyl sites for hydroxylation is 1. The molecule has 3 fully saturated rings. The largest absolute Gasteiger partial charge is 0.504 e. The van der Waals surface area contributed by atoms with Crippen molar-refractivity contribution in [2.45, 2.75) is 120 Å². The molecule has 3 aliphatic carbocycles. The van der Waals surface area contributed by atoms with Gasteiger partial charge in [0.05, 0.1) is 19.3 Å². The number of hydrogen-bond donors (Lipinski definition) is 5. The molecule has 7 rings (SSSR count). The lowest BCUT2D eigenvalue weighted by Gasteiger charge is -2.42. The molecule has 2 aromatic carbocycles. The Morgan fingerprint density at radius 1 is 1.04 bits per heavy atom. The van der Waals surface area contributed by atoms with Crippen molar-refractivity contribution in [1.82, 2.24) is 10.3 Å². The number of carbonyl (C=O) groups is 2. The Kier molecular flexibility index (Phi) is 13.1. The summed E-state index contributed by atoms with van der Waals surface area (Å²) in [6.45, 7) is 0.942. The molecule has 9 heteroatoms. The van der Waals surface area contributed by atoms with Crippen LogP contribution in [0.15, 0.2) is 66.9 Å². The van der Waals surface area contributed by atoms with E-state index in [1.54, 1.807) is 18.3 Å². The Balaban J connectivity index is 1.06. The molecule has 9 nitrogen and oxygen atoms in total. The number of piperidine rings is 1. The lowest BCUT2D eigenvalue weighted by Crippen LogP contribution is -2.49. The fourth-order valence-electron chi connectivity index (χ4n) is 10.0. The number of methoxy groups -OCH3 is 1. The molecular weight excluding hydrogens is 715 g/mol. The highest BCUT2D eigenvalue weighted by Crippen LogP contribution is 2.45. The number of rotatable bonds is 12. The minimum absolute atomic E-state index is 0.00600. The number of nitrogens with one attached hydrogen (secondary N) is 1. The van der Waals surface area contributed by atoms with Gasteiger partial charge in [-0.15, -0.1) is 0 Å². The van der Waals surface area contributed by atoms with Crippen molar-refractivity contribution >= 4 is 23.5 Å². The lowest BCUT2D eigenvalue weighted by atomic mass is 9.64. The monoisotopic (exact) mass is 773 g/mol. The average Bonchev–Trinajstić information content (AvgIpc) is 3.26. The smallest absolute Gasteiger partial charge is 0.160 e. The first-order valence-electron chi connectivity index (χ1n) is 21.1. The minimum Gasteiger partial charge on any atom is -0.504 e. The highest BCUT2D eigenvalue weighted by atomic mass is 16.5. The quantitative estimate of drug-likeness (QED) is 0.120. The van der Waals surface area contributed by atoms with Gasteiger partial charge in [0.2, 0.25) is 0 Å². The molecule has 1 saturated heterocycles. The maximum Gasteiger partial charge on any atom is 0.160 e. The summed E-state index contributed by atoms with van der Waals surface area (Å²) < 4.78 is 5.47. The second-order valence-corrected chi connectivity index (χ2v) is 17.2. The van der Waals surface area contributed by atoms with Crippen molar-refractivity contribution in [3.8, 4) is 23.3 Å². The molecule has 1 aliphatic heterocycles. The number of nitrogens with zero attached hydrogens (tertiary/aromatic N) is 1. The number of phenolic OH excluding ortho intramolecular Hbond substituents is 1. The molecule has 302 valence electrons. The van der Waals surface area contributed by atoms with Crippen LogP contribution in [-0.4, -0.2) is 63.8 Å². The van der Waals surface area contributed by atoms with Crippen molar-refractivity contribution < 1.29 is 29.6 Å². The Morgan fingerprint density at radius 3 is 2.65 bits per heavy atom. The molecule has 9 atom stereocenters. The maximum absolute atomic E-state index is 14.2. The molecule has 0 bridgehead atoms. The van der Waals surface area contributed by atoms with Crippen LogP contribution in [0, 0.1) is 35.0 Å². The van der Waals surface area contributed by atoms with Gasteiger partial charge in [0.1, 0.15) is 17.0 Å². The lowest BCUT2D eigenvalue weighted by molar-refractivity contribution is -0.134. The molecule has 1 aromatic heterocycles. The molecule has 6 N–H and O–H groups in total. The molecule has 3 aromatic rings. The summed E-state index contributed by atoms with van der Waals surface area (Å²) in [5, 5.41) is 38.1. The molecule has 4 aliphatic rings. The van der Waals surface area contributed by atoms with E-state index >= 15 is 0 Å². The maximum atomic E-state index is 14.2. The number of Topliss-reactive ketones (excluding diaryl/α,β-unsaturated/α-hetero) is 2. The van der Waals surface area contributed by atoms with Crippen molar-refractivity contribution in [3.63, 3.8) is 0 Å². The van der Waals surface area contributed by atoms with Crippen LogP contribution in [0.3, 0.4) is 0 Å². The van der Waals surface area contributed by atoms with E-state index in [1.807, 2.05) is 42.5 Å². The van der Waals surface area contributed by atoms with Gasteiger partial charge in [0.15, 0.2) is 17.3 Å². The van der Waals surface area contributed by atoms with E-state index in [-0.39, 0.29) is 29.8 Å². The highest BCUT2D eigenvalue weighted by molar-refractivity contribution is 5.89. The topological polar surface area (TPSA) is 155 Å². The number of carbonyl (C=O) groups excluding carboxylic acids is 2. The summed E-state index contributed by atoms with van der Waals surface area (Å²) in [6.07, 6.45) is 13.9. The summed E-state index contributed by atoms with van der Waals surface area (Å²) >= 11 is 0. The number of anilines is 1. The Hall–Kier alpha value is -4.49. The number of fused-ring (bicyclic) bond motifs is 2. The van der Waals surface area contributed by atoms with Gasteiger partial charge in [-0.1, -0.05) is 60.7 Å². The number of ether oxygens (including phenoxy) is 1. The Bertz CT molecular complexity index is 1970. The van der Waals surface area contributed by atoms with Crippen molar-refractivity contribution in [2.24, 2.45) is 23.2 Å². The molecule has 1 spiro atoms. The second-order valence-electron chi connectivity index (χ2n) is 17.2. The summed E-state index contributed by atoms with van der Waals surface area (Å²) in [5.74, 6) is 8.95. The predicted molar refractivity (Wildman–Crippen MR) is 222 cm³/mol. The molecule has 0 amide bonds. The fourth-order valence-corrected chi connectivity index (χ4v) is 10.0. The first kappa shape index (κ1) is 40.7. The van der Waals surface area contributed by atoms with Crippen LogP contribution < -0.4 is 15.8 Å². The Labute approximate surface area is 337 Å². The summed E-state index contributed by atoms with van der Waals surface area (Å²) in [6, 6.07) is 17.7. The number of aliphatic hydroxyl groups excluding tert-OH is 2. The van der Waals surface area contributed by atoms with Gasteiger partial charge in [-0.25, -0.2) is 4.98 Å². The third-order valence-electron chi connectivity index (χ3n) is 13.4. The molecule has 57 heavy (non-hydrogen) atoms. The van der Waals surface area contributed by atoms with Gasteiger partial charge in [0, 0.05) is 43.3 Å². The third-order valence-corrected chi connectivity index (χ3v) is 13.4. The number of aliphatic hydroxyl groups is 2. The van der Waals surface area contributed by atoms with Gasteiger partial charge in [-0.05, 0) is 135 Å². The van der Waals surface area contributed by atoms with Gasteiger partial charge in [-0.2, -0.15) is 0 Å². The molecule has 2 heterocycles. The summed E-state index contributed by atoms with van der Waals surface area (Å²) in [5.41, 5.74) is 8.66. The molecule has 0 radical (unpaired) electrons. The van der Waals surface area contributed by atoms with Crippen molar-refractivity contribution in [1.29, 1.82) is 0 Å². The van der Waals surface area contributed by atoms with Crippen LogP contribution in [0.25, 0.3) is 6.08 Å². The number of ketones is 2.